The van der Waals surface area contributed by atoms with Gasteiger partial charge in [-0.05, 0) is 50.5 Å². The third-order valence-electron chi connectivity index (χ3n) is 2.65. The molecule has 0 radical (unpaired) electrons. The van der Waals surface area contributed by atoms with E-state index in [1.54, 1.807) is 14.0 Å². The van der Waals surface area contributed by atoms with Crippen LogP contribution >= 0.6 is 0 Å². The van der Waals surface area contributed by atoms with E-state index < -0.39 is 0 Å². The Labute approximate surface area is 103 Å². The van der Waals surface area contributed by atoms with Crippen LogP contribution in [0.1, 0.15) is 36.5 Å². The average Bonchev–Trinajstić information content (AvgIpc) is 2.34. The standard InChI is InChI=1S/C14H21NO2/c1-12(16)13-6-8-14(9-7-13)15-10-4-3-5-11-17-2/h6-9,15H,3-5,10-11H2,1-2H3. The van der Waals surface area contributed by atoms with Gasteiger partial charge in [0.05, 0.1) is 0 Å². The largest absolute Gasteiger partial charge is 0.385 e. The van der Waals surface area contributed by atoms with Crippen molar-refractivity contribution in [3.8, 4) is 0 Å². The van der Waals surface area contributed by atoms with Gasteiger partial charge in [-0.3, -0.25) is 4.79 Å². The van der Waals surface area contributed by atoms with E-state index in [4.69, 9.17) is 4.74 Å². The van der Waals surface area contributed by atoms with Crippen molar-refractivity contribution in [2.45, 2.75) is 26.2 Å². The number of hydrogen-bond donors (Lipinski definition) is 1. The van der Waals surface area contributed by atoms with Crippen LogP contribution in [0.25, 0.3) is 0 Å². The molecule has 0 atom stereocenters. The van der Waals surface area contributed by atoms with Crippen LogP contribution in [-0.4, -0.2) is 26.0 Å². The molecule has 0 aromatic heterocycles. The van der Waals surface area contributed by atoms with Crippen molar-refractivity contribution < 1.29 is 9.53 Å². The lowest BCUT2D eigenvalue weighted by atomic mass is 10.1. The van der Waals surface area contributed by atoms with Crippen LogP contribution < -0.4 is 5.32 Å². The second-order valence-corrected chi connectivity index (χ2v) is 4.11. The fourth-order valence-electron chi connectivity index (χ4n) is 1.60. The minimum Gasteiger partial charge on any atom is -0.385 e. The van der Waals surface area contributed by atoms with Crippen molar-refractivity contribution in [1.29, 1.82) is 0 Å². The monoisotopic (exact) mass is 235 g/mol. The summed E-state index contributed by atoms with van der Waals surface area (Å²) < 4.78 is 4.99. The van der Waals surface area contributed by atoms with Gasteiger partial charge in [0.2, 0.25) is 0 Å². The Morgan fingerprint density at radius 1 is 1.18 bits per heavy atom. The Morgan fingerprint density at radius 2 is 1.88 bits per heavy atom. The van der Waals surface area contributed by atoms with E-state index in [9.17, 15) is 4.79 Å². The molecule has 0 aliphatic carbocycles. The zero-order valence-corrected chi connectivity index (χ0v) is 10.7. The van der Waals surface area contributed by atoms with Gasteiger partial charge in [0.25, 0.3) is 0 Å². The molecule has 0 bridgehead atoms. The van der Waals surface area contributed by atoms with Gasteiger partial charge < -0.3 is 10.1 Å². The summed E-state index contributed by atoms with van der Waals surface area (Å²) >= 11 is 0. The van der Waals surface area contributed by atoms with Crippen molar-refractivity contribution in [2.75, 3.05) is 25.6 Å². The smallest absolute Gasteiger partial charge is 0.159 e. The molecule has 0 aliphatic rings. The van der Waals surface area contributed by atoms with Gasteiger partial charge in [-0.1, -0.05) is 0 Å². The fourth-order valence-corrected chi connectivity index (χ4v) is 1.60. The van der Waals surface area contributed by atoms with Gasteiger partial charge >= 0.3 is 0 Å². The Balaban J connectivity index is 2.21. The van der Waals surface area contributed by atoms with Crippen LogP contribution in [0.3, 0.4) is 0 Å². The zero-order chi connectivity index (χ0) is 12.5. The van der Waals surface area contributed by atoms with E-state index in [2.05, 4.69) is 5.32 Å². The SMILES string of the molecule is COCCCCCNc1ccc(C(C)=O)cc1. The second-order valence-electron chi connectivity index (χ2n) is 4.11. The van der Waals surface area contributed by atoms with Crippen LogP contribution in [0.15, 0.2) is 24.3 Å². The average molecular weight is 235 g/mol. The molecular weight excluding hydrogens is 214 g/mol. The van der Waals surface area contributed by atoms with E-state index in [1.807, 2.05) is 24.3 Å². The summed E-state index contributed by atoms with van der Waals surface area (Å²) in [5.74, 6) is 0.108. The van der Waals surface area contributed by atoms with E-state index in [0.717, 1.165) is 37.2 Å². The molecule has 0 amide bonds. The van der Waals surface area contributed by atoms with E-state index in [1.165, 1.54) is 6.42 Å². The second kappa shape index (κ2) is 7.85. The van der Waals surface area contributed by atoms with E-state index >= 15 is 0 Å². The van der Waals surface area contributed by atoms with Crippen LogP contribution in [0.4, 0.5) is 5.69 Å². The van der Waals surface area contributed by atoms with Crippen LogP contribution in [0.2, 0.25) is 0 Å². The van der Waals surface area contributed by atoms with Gasteiger partial charge in [-0.2, -0.15) is 0 Å². The third kappa shape index (κ3) is 5.50. The molecule has 0 aliphatic heterocycles. The topological polar surface area (TPSA) is 38.3 Å². The van der Waals surface area contributed by atoms with E-state index in [0.29, 0.717) is 0 Å². The summed E-state index contributed by atoms with van der Waals surface area (Å²) in [6, 6.07) is 7.61. The molecule has 3 nitrogen and oxygen atoms in total. The molecule has 1 N–H and O–H groups in total. The summed E-state index contributed by atoms with van der Waals surface area (Å²) in [5.41, 5.74) is 1.83. The number of ketones is 1. The van der Waals surface area contributed by atoms with Gasteiger partial charge in [-0.25, -0.2) is 0 Å². The highest BCUT2D eigenvalue weighted by Gasteiger charge is 1.98. The quantitative estimate of drug-likeness (QED) is 0.555. The molecule has 94 valence electrons. The normalized spacial score (nSPS) is 10.2. The fraction of sp³-hybridized carbons (Fsp3) is 0.500. The van der Waals surface area contributed by atoms with Crippen LogP contribution in [-0.2, 0) is 4.74 Å². The van der Waals surface area contributed by atoms with Crippen LogP contribution in [0, 0.1) is 0 Å². The Bertz CT molecular complexity index is 333. The Morgan fingerprint density at radius 3 is 2.47 bits per heavy atom. The summed E-state index contributed by atoms with van der Waals surface area (Å²) in [6.45, 7) is 3.38. The molecule has 0 unspecified atom stereocenters. The van der Waals surface area contributed by atoms with Gasteiger partial charge in [0.15, 0.2) is 5.78 Å². The number of rotatable bonds is 8. The molecule has 1 aromatic rings. The lowest BCUT2D eigenvalue weighted by Crippen LogP contribution is -2.02. The first kappa shape index (κ1) is 13.7. The number of methoxy groups -OCH3 is 1. The van der Waals surface area contributed by atoms with Gasteiger partial charge in [0.1, 0.15) is 0 Å². The van der Waals surface area contributed by atoms with Crippen molar-refractivity contribution in [3.05, 3.63) is 29.8 Å². The molecule has 3 heteroatoms. The molecule has 0 spiro atoms. The maximum absolute atomic E-state index is 11.1. The molecule has 0 heterocycles. The predicted molar refractivity (Wildman–Crippen MR) is 70.7 cm³/mol. The highest BCUT2D eigenvalue weighted by Crippen LogP contribution is 2.10. The molecule has 1 rings (SSSR count). The first-order valence-corrected chi connectivity index (χ1v) is 6.08. The highest BCUT2D eigenvalue weighted by molar-refractivity contribution is 5.94. The number of unbranched alkanes of at least 4 members (excludes halogenated alkanes) is 2. The molecule has 0 fully saturated rings. The Kier molecular flexibility index (Phi) is 6.33. The van der Waals surface area contributed by atoms with Crippen molar-refractivity contribution >= 4 is 11.5 Å². The minimum atomic E-state index is 0.108. The Hall–Kier alpha value is -1.35. The van der Waals surface area contributed by atoms with E-state index in [-0.39, 0.29) is 5.78 Å². The van der Waals surface area contributed by atoms with Crippen LogP contribution in [0.5, 0.6) is 0 Å². The molecule has 0 saturated carbocycles. The first-order chi connectivity index (χ1) is 8.24. The highest BCUT2D eigenvalue weighted by atomic mass is 16.5. The summed E-state index contributed by atoms with van der Waals surface area (Å²) in [4.78, 5) is 11.1. The maximum Gasteiger partial charge on any atom is 0.159 e. The lowest BCUT2D eigenvalue weighted by Gasteiger charge is -2.06. The number of Topliss-reactive ketones (excluding diaryl/α,β-unsaturated/α-hetero) is 1. The number of carbonyl (C=O) groups excluding carboxylic acids is 1. The maximum atomic E-state index is 11.1. The number of benzene rings is 1. The predicted octanol–water partition coefficient (Wildman–Crippen LogP) is 3.12. The molecule has 17 heavy (non-hydrogen) atoms. The zero-order valence-electron chi connectivity index (χ0n) is 10.7. The molecule has 1 aromatic carbocycles. The van der Waals surface area contributed by atoms with Gasteiger partial charge in [0, 0.05) is 31.5 Å². The number of hydrogen-bond acceptors (Lipinski definition) is 3. The minimum absolute atomic E-state index is 0.108. The summed E-state index contributed by atoms with van der Waals surface area (Å²) in [5, 5.41) is 3.34. The van der Waals surface area contributed by atoms with Crippen molar-refractivity contribution in [1.82, 2.24) is 0 Å². The number of nitrogens with one attached hydrogen (secondary N) is 1. The third-order valence-corrected chi connectivity index (χ3v) is 2.65. The van der Waals surface area contributed by atoms with Gasteiger partial charge in [-0.15, -0.1) is 0 Å². The lowest BCUT2D eigenvalue weighted by molar-refractivity contribution is 0.101. The van der Waals surface area contributed by atoms with Crippen molar-refractivity contribution in [2.24, 2.45) is 0 Å². The summed E-state index contributed by atoms with van der Waals surface area (Å²) in [6.07, 6.45) is 3.42. The van der Waals surface area contributed by atoms with Crippen molar-refractivity contribution in [3.63, 3.8) is 0 Å². The number of ether oxygens (including phenoxy) is 1. The first-order valence-electron chi connectivity index (χ1n) is 6.08. The number of anilines is 1. The summed E-state index contributed by atoms with van der Waals surface area (Å²) in [7, 11) is 1.73. The molecule has 0 saturated heterocycles. The molecular formula is C14H21NO2. The number of carbonyl (C=O) groups is 1.